The van der Waals surface area contributed by atoms with Crippen molar-refractivity contribution < 1.29 is 9.26 Å². The van der Waals surface area contributed by atoms with Crippen LogP contribution in [-0.4, -0.2) is 41.8 Å². The van der Waals surface area contributed by atoms with Gasteiger partial charge in [-0.3, -0.25) is 4.90 Å². The van der Waals surface area contributed by atoms with Crippen molar-refractivity contribution in [3.8, 4) is 0 Å². The van der Waals surface area contributed by atoms with Gasteiger partial charge in [-0.2, -0.15) is 4.98 Å². The molecule has 0 aliphatic carbocycles. The Hall–Kier alpha value is -0.980. The summed E-state index contributed by atoms with van der Waals surface area (Å²) in [7, 11) is 2.08. The molecule has 0 aromatic carbocycles. The van der Waals surface area contributed by atoms with Gasteiger partial charge in [0.25, 0.3) is 0 Å². The average Bonchev–Trinajstić information content (AvgIpc) is 2.85. The molecule has 2 rings (SSSR count). The van der Waals surface area contributed by atoms with Gasteiger partial charge in [0.1, 0.15) is 0 Å². The zero-order chi connectivity index (χ0) is 12.8. The largest absolute Gasteiger partial charge is 0.381 e. The molecule has 2 N–H and O–H groups in total. The zero-order valence-electron chi connectivity index (χ0n) is 11.0. The molecule has 6 nitrogen and oxygen atoms in total. The fourth-order valence-corrected chi connectivity index (χ4v) is 2.20. The molecule has 0 radical (unpaired) electrons. The summed E-state index contributed by atoms with van der Waals surface area (Å²) in [5, 5.41) is 3.89. The maximum Gasteiger partial charge on any atom is 0.240 e. The van der Waals surface area contributed by atoms with Crippen molar-refractivity contribution in [3.05, 3.63) is 11.7 Å². The molecule has 0 saturated carbocycles. The van der Waals surface area contributed by atoms with E-state index < -0.39 is 0 Å². The van der Waals surface area contributed by atoms with Crippen molar-refractivity contribution in [2.24, 2.45) is 11.7 Å². The van der Waals surface area contributed by atoms with Gasteiger partial charge in [0.15, 0.2) is 5.82 Å². The van der Waals surface area contributed by atoms with Crippen LogP contribution in [0.25, 0.3) is 0 Å². The fourth-order valence-electron chi connectivity index (χ4n) is 2.20. The van der Waals surface area contributed by atoms with Gasteiger partial charge in [-0.25, -0.2) is 0 Å². The lowest BCUT2D eigenvalue weighted by Crippen LogP contribution is -2.24. The van der Waals surface area contributed by atoms with Gasteiger partial charge in [-0.1, -0.05) is 5.16 Å². The van der Waals surface area contributed by atoms with Gasteiger partial charge in [0.2, 0.25) is 5.89 Å². The highest BCUT2D eigenvalue weighted by molar-refractivity contribution is 4.85. The maximum atomic E-state index is 5.43. The van der Waals surface area contributed by atoms with Crippen molar-refractivity contribution in [3.63, 3.8) is 0 Å². The van der Waals surface area contributed by atoms with E-state index in [1.54, 1.807) is 0 Å². The summed E-state index contributed by atoms with van der Waals surface area (Å²) >= 11 is 0. The molecule has 1 aliphatic heterocycles. The molecular formula is C12H22N4O2. The van der Waals surface area contributed by atoms with Crippen LogP contribution >= 0.6 is 0 Å². The Bertz CT molecular complexity index is 350. The van der Waals surface area contributed by atoms with E-state index in [-0.39, 0.29) is 0 Å². The lowest BCUT2D eigenvalue weighted by Gasteiger charge is -2.24. The molecule has 18 heavy (non-hydrogen) atoms. The van der Waals surface area contributed by atoms with Crippen molar-refractivity contribution in [1.29, 1.82) is 0 Å². The molecule has 0 atom stereocenters. The highest BCUT2D eigenvalue weighted by Crippen LogP contribution is 2.18. The Kier molecular flexibility index (Phi) is 5.10. The summed E-state index contributed by atoms with van der Waals surface area (Å²) < 4.78 is 10.3. The predicted octanol–water partition coefficient (Wildman–Crippen LogP) is 0.777. The molecule has 102 valence electrons. The summed E-state index contributed by atoms with van der Waals surface area (Å²) in [6, 6.07) is 0. The number of nitrogens with zero attached hydrogens (tertiary/aromatic N) is 3. The van der Waals surface area contributed by atoms with Crippen molar-refractivity contribution in [1.82, 2.24) is 15.0 Å². The summed E-state index contributed by atoms with van der Waals surface area (Å²) in [6.45, 7) is 3.90. The molecule has 1 aliphatic rings. The molecule has 6 heteroatoms. The minimum Gasteiger partial charge on any atom is -0.381 e. The number of aromatic nitrogens is 2. The Morgan fingerprint density at radius 2 is 2.17 bits per heavy atom. The number of hydrogen-bond acceptors (Lipinski definition) is 6. The van der Waals surface area contributed by atoms with Crippen LogP contribution in [0.3, 0.4) is 0 Å². The third kappa shape index (κ3) is 4.04. The lowest BCUT2D eigenvalue weighted by atomic mass is 9.96. The number of ether oxygens (including phenoxy) is 1. The second kappa shape index (κ2) is 6.82. The van der Waals surface area contributed by atoms with Crippen molar-refractivity contribution in [2.75, 3.05) is 26.8 Å². The molecule has 1 saturated heterocycles. The maximum absolute atomic E-state index is 5.43. The van der Waals surface area contributed by atoms with Crippen LogP contribution in [0.5, 0.6) is 0 Å². The minimum atomic E-state index is 0.304. The van der Waals surface area contributed by atoms with Crippen LogP contribution in [0.15, 0.2) is 4.52 Å². The van der Waals surface area contributed by atoms with Crippen LogP contribution in [0.4, 0.5) is 0 Å². The van der Waals surface area contributed by atoms with E-state index in [2.05, 4.69) is 22.1 Å². The molecule has 1 aromatic rings. The first-order chi connectivity index (χ1) is 8.78. The van der Waals surface area contributed by atoms with E-state index in [1.165, 1.54) is 19.3 Å². The summed E-state index contributed by atoms with van der Waals surface area (Å²) in [5.41, 5.74) is 5.43. The fraction of sp³-hybridized carbons (Fsp3) is 0.833. The van der Waals surface area contributed by atoms with Crippen LogP contribution in [0.2, 0.25) is 0 Å². The highest BCUT2D eigenvalue weighted by atomic mass is 16.5. The first-order valence-electron chi connectivity index (χ1n) is 6.55. The van der Waals surface area contributed by atoms with Crippen LogP contribution < -0.4 is 5.73 Å². The minimum absolute atomic E-state index is 0.304. The Morgan fingerprint density at radius 1 is 1.39 bits per heavy atom. The van der Waals surface area contributed by atoms with Gasteiger partial charge in [0, 0.05) is 13.2 Å². The van der Waals surface area contributed by atoms with Crippen molar-refractivity contribution in [2.45, 2.75) is 32.4 Å². The molecule has 1 aromatic heterocycles. The van der Waals surface area contributed by atoms with Gasteiger partial charge in [-0.15, -0.1) is 0 Å². The van der Waals surface area contributed by atoms with E-state index in [1.807, 2.05) is 0 Å². The highest BCUT2D eigenvalue weighted by Gasteiger charge is 2.15. The van der Waals surface area contributed by atoms with E-state index >= 15 is 0 Å². The lowest BCUT2D eigenvalue weighted by molar-refractivity contribution is 0.0607. The molecule has 0 spiro atoms. The van der Waals surface area contributed by atoms with Gasteiger partial charge < -0.3 is 15.0 Å². The second-order valence-corrected chi connectivity index (χ2v) is 4.89. The van der Waals surface area contributed by atoms with Gasteiger partial charge >= 0.3 is 0 Å². The van der Waals surface area contributed by atoms with Crippen molar-refractivity contribution >= 4 is 0 Å². The first-order valence-corrected chi connectivity index (χ1v) is 6.55. The number of rotatable bonds is 6. The average molecular weight is 254 g/mol. The second-order valence-electron chi connectivity index (χ2n) is 4.89. The Morgan fingerprint density at radius 3 is 2.83 bits per heavy atom. The monoisotopic (exact) mass is 254 g/mol. The molecule has 0 bridgehead atoms. The molecule has 2 heterocycles. The molecule has 0 amide bonds. The topological polar surface area (TPSA) is 77.4 Å². The van der Waals surface area contributed by atoms with E-state index in [0.717, 1.165) is 25.7 Å². The molecule has 1 fully saturated rings. The quantitative estimate of drug-likeness (QED) is 0.808. The first kappa shape index (κ1) is 13.5. The Balaban J connectivity index is 1.69. The normalized spacial score (nSPS) is 17.5. The standard InChI is InChI=1S/C12H22N4O2/c1-16(5-2-10-3-6-17-7-4-10)9-11-14-12(8-13)18-15-11/h10H,2-9,13H2,1H3. The van der Waals surface area contributed by atoms with Crippen LogP contribution in [0, 0.1) is 5.92 Å². The summed E-state index contributed by atoms with van der Waals surface area (Å²) in [6.07, 6.45) is 3.59. The smallest absolute Gasteiger partial charge is 0.240 e. The third-order valence-corrected chi connectivity index (χ3v) is 3.36. The van der Waals surface area contributed by atoms with Gasteiger partial charge in [0.05, 0.1) is 13.1 Å². The third-order valence-electron chi connectivity index (χ3n) is 3.36. The van der Waals surface area contributed by atoms with E-state index in [4.69, 9.17) is 15.0 Å². The van der Waals surface area contributed by atoms with Gasteiger partial charge in [-0.05, 0) is 38.8 Å². The SMILES string of the molecule is CN(CCC1CCOCC1)Cc1noc(CN)n1. The van der Waals surface area contributed by atoms with Crippen LogP contribution in [0.1, 0.15) is 31.0 Å². The predicted molar refractivity (Wildman–Crippen MR) is 66.7 cm³/mol. The van der Waals surface area contributed by atoms with E-state index in [0.29, 0.717) is 24.8 Å². The number of nitrogens with two attached hydrogens (primary N) is 1. The number of hydrogen-bond donors (Lipinski definition) is 1. The zero-order valence-corrected chi connectivity index (χ0v) is 11.0. The molecular weight excluding hydrogens is 232 g/mol. The van der Waals surface area contributed by atoms with E-state index in [9.17, 15) is 0 Å². The molecule has 0 unspecified atom stereocenters. The Labute approximate surface area is 107 Å². The summed E-state index contributed by atoms with van der Waals surface area (Å²) in [5.74, 6) is 2.01. The summed E-state index contributed by atoms with van der Waals surface area (Å²) in [4.78, 5) is 6.42. The van der Waals surface area contributed by atoms with Crippen LogP contribution in [-0.2, 0) is 17.8 Å².